The van der Waals surface area contributed by atoms with Crippen LogP contribution in [-0.2, 0) is 0 Å². The highest BCUT2D eigenvalue weighted by atomic mass is 32.2. The molecule has 0 atom stereocenters. The Bertz CT molecular complexity index is 752. The fourth-order valence-corrected chi connectivity index (χ4v) is 2.28. The number of nitrogens with zero attached hydrogens (tertiary/aromatic N) is 6. The van der Waals surface area contributed by atoms with Gasteiger partial charge in [-0.3, -0.25) is 5.41 Å². The molecule has 0 radical (unpaired) electrons. The van der Waals surface area contributed by atoms with Crippen LogP contribution in [0.4, 0.5) is 0 Å². The van der Waals surface area contributed by atoms with E-state index in [1.54, 1.807) is 4.68 Å². The van der Waals surface area contributed by atoms with Crippen molar-refractivity contribution in [3.63, 3.8) is 0 Å². The van der Waals surface area contributed by atoms with Crippen molar-refractivity contribution >= 4 is 17.6 Å². The molecule has 2 heterocycles. The number of amidine groups is 1. The smallest absolute Gasteiger partial charge is 0.220 e. The first-order valence-corrected chi connectivity index (χ1v) is 6.74. The molecule has 0 spiro atoms. The highest BCUT2D eigenvalue weighted by Gasteiger charge is 2.11. The molecule has 8 nitrogen and oxygen atoms in total. The molecule has 3 aromatic rings. The van der Waals surface area contributed by atoms with Crippen molar-refractivity contribution in [3.05, 3.63) is 48.4 Å². The maximum absolute atomic E-state index is 7.28. The van der Waals surface area contributed by atoms with Crippen molar-refractivity contribution in [1.82, 2.24) is 30.2 Å². The third-order valence-electron chi connectivity index (χ3n) is 2.54. The Morgan fingerprint density at radius 1 is 1.14 bits per heavy atom. The number of nitrogen functional groups attached to an aromatic ring is 1. The fourth-order valence-electron chi connectivity index (χ4n) is 1.58. The number of para-hydroxylation sites is 1. The van der Waals surface area contributed by atoms with Crippen LogP contribution in [0, 0.1) is 5.41 Å². The van der Waals surface area contributed by atoms with Gasteiger partial charge in [0.15, 0.2) is 0 Å². The minimum Gasteiger partial charge on any atom is -0.382 e. The van der Waals surface area contributed by atoms with Gasteiger partial charge in [-0.1, -0.05) is 18.2 Å². The number of rotatable bonds is 4. The second-order valence-corrected chi connectivity index (χ2v) is 4.95. The number of benzene rings is 1. The molecule has 0 bridgehead atoms. The molecule has 1 aromatic carbocycles. The van der Waals surface area contributed by atoms with Crippen molar-refractivity contribution in [2.75, 3.05) is 0 Å². The molecule has 0 fully saturated rings. The van der Waals surface area contributed by atoms with E-state index in [1.807, 2.05) is 30.3 Å². The maximum atomic E-state index is 7.28. The summed E-state index contributed by atoms with van der Waals surface area (Å²) >= 11 is 1.28. The van der Waals surface area contributed by atoms with Gasteiger partial charge in [0.2, 0.25) is 5.16 Å². The van der Waals surface area contributed by atoms with Crippen LogP contribution in [0.5, 0.6) is 0 Å². The monoisotopic (exact) mass is 298 g/mol. The number of nitrogens with two attached hydrogens (primary N) is 1. The number of nitrogens with one attached hydrogen (secondary N) is 1. The molecule has 0 aliphatic rings. The fraction of sp³-hybridized carbons (Fsp3) is 0. The Morgan fingerprint density at radius 2 is 1.95 bits per heavy atom. The molecule has 3 rings (SSSR count). The van der Waals surface area contributed by atoms with Crippen molar-refractivity contribution in [2.24, 2.45) is 5.73 Å². The topological polar surface area (TPSA) is 119 Å². The molecule has 0 unspecified atom stereocenters. The summed E-state index contributed by atoms with van der Waals surface area (Å²) in [5.41, 5.74) is 6.53. The van der Waals surface area contributed by atoms with Gasteiger partial charge in [0, 0.05) is 0 Å². The molecule has 0 saturated carbocycles. The van der Waals surface area contributed by atoms with Crippen LogP contribution in [0.15, 0.2) is 52.9 Å². The minimum absolute atomic E-state index is 0.117. The van der Waals surface area contributed by atoms with E-state index in [2.05, 4.69) is 25.5 Å². The standard InChI is InChI=1S/C12H10N8S/c13-11(14)9-6-16-10(7-15-9)21-12-17-18-19-20(12)8-4-2-1-3-5-8/h1-7H,(H3,13,14). The largest absolute Gasteiger partial charge is 0.382 e. The summed E-state index contributed by atoms with van der Waals surface area (Å²) in [6, 6.07) is 9.56. The van der Waals surface area contributed by atoms with E-state index in [0.717, 1.165) is 5.69 Å². The highest BCUT2D eigenvalue weighted by molar-refractivity contribution is 7.99. The second kappa shape index (κ2) is 5.67. The summed E-state index contributed by atoms with van der Waals surface area (Å²) in [7, 11) is 0. The lowest BCUT2D eigenvalue weighted by Gasteiger charge is -2.03. The number of tetrazole rings is 1. The highest BCUT2D eigenvalue weighted by Crippen LogP contribution is 2.24. The average molecular weight is 298 g/mol. The predicted octanol–water partition coefficient (Wildman–Crippen LogP) is 0.888. The zero-order valence-electron chi connectivity index (χ0n) is 10.7. The predicted molar refractivity (Wildman–Crippen MR) is 76.3 cm³/mol. The lowest BCUT2D eigenvalue weighted by molar-refractivity contribution is 0.755. The Hall–Kier alpha value is -2.81. The molecule has 0 amide bonds. The minimum atomic E-state index is -0.117. The van der Waals surface area contributed by atoms with Crippen LogP contribution in [0.1, 0.15) is 5.69 Å². The Labute approximate surface area is 123 Å². The van der Waals surface area contributed by atoms with Crippen LogP contribution in [-0.4, -0.2) is 36.0 Å². The third kappa shape index (κ3) is 2.87. The van der Waals surface area contributed by atoms with Gasteiger partial charge in [-0.25, -0.2) is 9.97 Å². The normalized spacial score (nSPS) is 10.5. The Balaban J connectivity index is 1.86. The van der Waals surface area contributed by atoms with Crippen LogP contribution < -0.4 is 5.73 Å². The van der Waals surface area contributed by atoms with E-state index in [-0.39, 0.29) is 5.84 Å². The van der Waals surface area contributed by atoms with Gasteiger partial charge in [-0.15, -0.1) is 5.10 Å². The van der Waals surface area contributed by atoms with Crippen LogP contribution >= 0.6 is 11.8 Å². The molecule has 3 N–H and O–H groups in total. The zero-order valence-corrected chi connectivity index (χ0v) is 11.5. The van der Waals surface area contributed by atoms with Gasteiger partial charge in [0.1, 0.15) is 16.6 Å². The number of aromatic nitrogens is 6. The van der Waals surface area contributed by atoms with Crippen LogP contribution in [0.2, 0.25) is 0 Å². The maximum Gasteiger partial charge on any atom is 0.220 e. The summed E-state index contributed by atoms with van der Waals surface area (Å²) in [5, 5.41) is 20.1. The van der Waals surface area contributed by atoms with Crippen molar-refractivity contribution in [3.8, 4) is 5.69 Å². The molecule has 9 heteroatoms. The van der Waals surface area contributed by atoms with E-state index in [1.165, 1.54) is 24.2 Å². The van der Waals surface area contributed by atoms with Gasteiger partial charge in [0.25, 0.3) is 0 Å². The first-order valence-electron chi connectivity index (χ1n) is 5.92. The third-order valence-corrected chi connectivity index (χ3v) is 3.40. The van der Waals surface area contributed by atoms with Crippen molar-refractivity contribution in [1.29, 1.82) is 5.41 Å². The summed E-state index contributed by atoms with van der Waals surface area (Å²) in [4.78, 5) is 8.23. The van der Waals surface area contributed by atoms with Gasteiger partial charge < -0.3 is 5.73 Å². The molecular weight excluding hydrogens is 288 g/mol. The summed E-state index contributed by atoms with van der Waals surface area (Å²) in [6.45, 7) is 0. The lowest BCUT2D eigenvalue weighted by atomic mass is 10.3. The number of hydrogen-bond acceptors (Lipinski definition) is 7. The first kappa shape index (κ1) is 13.2. The number of hydrogen-bond donors (Lipinski definition) is 2. The molecule has 104 valence electrons. The molecular formula is C12H10N8S. The van der Waals surface area contributed by atoms with Crippen molar-refractivity contribution in [2.45, 2.75) is 10.2 Å². The average Bonchev–Trinajstić information content (AvgIpc) is 2.97. The van der Waals surface area contributed by atoms with Crippen LogP contribution in [0.25, 0.3) is 5.69 Å². The molecule has 21 heavy (non-hydrogen) atoms. The molecule has 0 aliphatic carbocycles. The van der Waals surface area contributed by atoms with E-state index in [9.17, 15) is 0 Å². The van der Waals surface area contributed by atoms with Gasteiger partial charge in [-0.2, -0.15) is 4.68 Å². The quantitative estimate of drug-likeness (QED) is 0.542. The van der Waals surface area contributed by atoms with E-state index < -0.39 is 0 Å². The summed E-state index contributed by atoms with van der Waals surface area (Å²) in [5.74, 6) is -0.117. The Kier molecular flexibility index (Phi) is 3.56. The Morgan fingerprint density at radius 3 is 2.62 bits per heavy atom. The zero-order chi connectivity index (χ0) is 14.7. The van der Waals surface area contributed by atoms with Gasteiger partial charge in [0.05, 0.1) is 18.1 Å². The second-order valence-electron chi connectivity index (χ2n) is 3.96. The molecule has 0 saturated heterocycles. The first-order chi connectivity index (χ1) is 10.2. The van der Waals surface area contributed by atoms with Crippen molar-refractivity contribution < 1.29 is 0 Å². The van der Waals surface area contributed by atoms with Gasteiger partial charge in [-0.05, 0) is 34.3 Å². The van der Waals surface area contributed by atoms with E-state index in [0.29, 0.717) is 15.9 Å². The molecule has 2 aromatic heterocycles. The molecule has 0 aliphatic heterocycles. The lowest BCUT2D eigenvalue weighted by Crippen LogP contribution is -2.13. The van der Waals surface area contributed by atoms with Gasteiger partial charge >= 0.3 is 0 Å². The summed E-state index contributed by atoms with van der Waals surface area (Å²) in [6.07, 6.45) is 2.98. The summed E-state index contributed by atoms with van der Waals surface area (Å²) < 4.78 is 1.62. The van der Waals surface area contributed by atoms with E-state index >= 15 is 0 Å². The van der Waals surface area contributed by atoms with Crippen LogP contribution in [0.3, 0.4) is 0 Å². The SMILES string of the molecule is N=C(N)c1cnc(Sc2nnnn2-c2ccccc2)cn1. The van der Waals surface area contributed by atoms with E-state index in [4.69, 9.17) is 11.1 Å².